The van der Waals surface area contributed by atoms with Crippen LogP contribution < -0.4 is 5.32 Å². The van der Waals surface area contributed by atoms with Crippen LogP contribution in [0.4, 0.5) is 4.39 Å². The van der Waals surface area contributed by atoms with E-state index in [1.807, 2.05) is 5.38 Å². The fourth-order valence-corrected chi connectivity index (χ4v) is 4.95. The van der Waals surface area contributed by atoms with Crippen LogP contribution in [-0.2, 0) is 9.53 Å². The normalized spacial score (nSPS) is 20.1. The fraction of sp³-hybridized carbons (Fsp3) is 0.409. The minimum Gasteiger partial charge on any atom is -0.463 e. The summed E-state index contributed by atoms with van der Waals surface area (Å²) in [6, 6.07) is 3.78. The molecule has 32 heavy (non-hydrogen) atoms. The number of nitrogens with one attached hydrogen (secondary N) is 1. The summed E-state index contributed by atoms with van der Waals surface area (Å²) < 4.78 is 19.8. The first-order chi connectivity index (χ1) is 15.5. The molecule has 10 heteroatoms. The zero-order chi connectivity index (χ0) is 22.7. The number of ether oxygens (including phenoxy) is 1. The molecular formula is C22H25BrFN5O2S. The summed E-state index contributed by atoms with van der Waals surface area (Å²) in [5.74, 6) is -0.191. The highest BCUT2D eigenvalue weighted by molar-refractivity contribution is 9.10. The topological polar surface area (TPSA) is 70.1 Å². The van der Waals surface area contributed by atoms with Gasteiger partial charge in [0, 0.05) is 54.5 Å². The van der Waals surface area contributed by atoms with Crippen molar-refractivity contribution in [2.45, 2.75) is 13.0 Å². The Morgan fingerprint density at radius 3 is 2.78 bits per heavy atom. The van der Waals surface area contributed by atoms with Gasteiger partial charge in [0.05, 0.1) is 12.2 Å². The minimum absolute atomic E-state index is 0.254. The molecule has 0 radical (unpaired) electrons. The van der Waals surface area contributed by atoms with E-state index < -0.39 is 12.0 Å². The summed E-state index contributed by atoms with van der Waals surface area (Å²) in [4.78, 5) is 27.0. The van der Waals surface area contributed by atoms with Crippen LogP contribution in [0, 0.1) is 5.82 Å². The van der Waals surface area contributed by atoms with Crippen molar-refractivity contribution in [1.82, 2.24) is 20.1 Å². The number of hydrogen-bond donors (Lipinski definition) is 1. The molecule has 2 aliphatic rings. The second-order valence-electron chi connectivity index (χ2n) is 7.70. The van der Waals surface area contributed by atoms with Gasteiger partial charge in [-0.3, -0.25) is 9.89 Å². The highest BCUT2D eigenvalue weighted by Crippen LogP contribution is 2.37. The zero-order valence-corrected chi connectivity index (χ0v) is 20.4. The third-order valence-electron chi connectivity index (χ3n) is 5.49. The van der Waals surface area contributed by atoms with Gasteiger partial charge in [0.25, 0.3) is 0 Å². The number of thiazole rings is 1. The zero-order valence-electron chi connectivity index (χ0n) is 18.0. The number of carbonyl (C=O) groups is 1. The summed E-state index contributed by atoms with van der Waals surface area (Å²) in [5.41, 5.74) is 1.88. The van der Waals surface area contributed by atoms with Crippen LogP contribution in [-0.4, -0.2) is 73.0 Å². The van der Waals surface area contributed by atoms with Gasteiger partial charge in [0.15, 0.2) is 10.8 Å². The Kier molecular flexibility index (Phi) is 7.34. The molecule has 1 aromatic heterocycles. The SMILES string of the molecule is CCOC(=O)C1=C(CN2CCN(C)CC2)NC(c2nccs2)=NC1c1ccc(F)cc1Br. The number of piperazine rings is 1. The average Bonchev–Trinajstić information content (AvgIpc) is 3.30. The maximum absolute atomic E-state index is 13.8. The van der Waals surface area contributed by atoms with Crippen LogP contribution in [0.15, 0.2) is 50.5 Å². The van der Waals surface area contributed by atoms with Gasteiger partial charge in [-0.05, 0) is 31.7 Å². The van der Waals surface area contributed by atoms with Crippen LogP contribution >= 0.6 is 27.3 Å². The lowest BCUT2D eigenvalue weighted by molar-refractivity contribution is -0.139. The smallest absolute Gasteiger partial charge is 0.338 e. The van der Waals surface area contributed by atoms with Gasteiger partial charge in [0.2, 0.25) is 0 Å². The monoisotopic (exact) mass is 521 g/mol. The largest absolute Gasteiger partial charge is 0.463 e. The van der Waals surface area contributed by atoms with E-state index >= 15 is 0 Å². The van der Waals surface area contributed by atoms with Crippen LogP contribution in [0.1, 0.15) is 23.5 Å². The molecule has 2 aliphatic heterocycles. The number of nitrogens with zero attached hydrogens (tertiary/aromatic N) is 4. The van der Waals surface area contributed by atoms with E-state index in [9.17, 15) is 9.18 Å². The minimum atomic E-state index is -0.647. The van der Waals surface area contributed by atoms with E-state index in [0.717, 1.165) is 36.9 Å². The third kappa shape index (κ3) is 5.09. The van der Waals surface area contributed by atoms with E-state index in [1.54, 1.807) is 19.2 Å². The molecule has 1 N–H and O–H groups in total. The van der Waals surface area contributed by atoms with Crippen molar-refractivity contribution in [2.75, 3.05) is 46.4 Å². The fourth-order valence-electron chi connectivity index (χ4n) is 3.80. The molecule has 4 rings (SSSR count). The van der Waals surface area contributed by atoms with Crippen molar-refractivity contribution in [2.24, 2.45) is 4.99 Å². The van der Waals surface area contributed by atoms with Crippen LogP contribution in [0.3, 0.4) is 0 Å². The van der Waals surface area contributed by atoms with Gasteiger partial charge in [-0.25, -0.2) is 14.2 Å². The molecule has 1 saturated heterocycles. The van der Waals surface area contributed by atoms with Crippen molar-refractivity contribution >= 4 is 39.1 Å². The number of benzene rings is 1. The first-order valence-corrected chi connectivity index (χ1v) is 12.1. The summed E-state index contributed by atoms with van der Waals surface area (Å²) in [5, 5.41) is 5.98. The molecule has 2 aromatic rings. The standard InChI is InChI=1S/C22H25BrFN5O2S/c1-3-31-22(30)18-17(13-29-9-7-28(2)8-10-29)26-20(21-25-6-11-32-21)27-19(18)15-5-4-14(24)12-16(15)23/h4-6,11-12,19H,3,7-10,13H2,1-2H3,(H,26,27). The number of amidine groups is 1. The number of likely N-dealkylation sites (N-methyl/N-ethyl adjacent to an activating group) is 1. The molecule has 1 unspecified atom stereocenters. The van der Waals surface area contributed by atoms with Gasteiger partial charge < -0.3 is 15.0 Å². The van der Waals surface area contributed by atoms with Gasteiger partial charge >= 0.3 is 5.97 Å². The lowest BCUT2D eigenvalue weighted by Crippen LogP contribution is -2.47. The third-order valence-corrected chi connectivity index (χ3v) is 6.96. The number of hydrogen-bond acceptors (Lipinski definition) is 8. The molecule has 0 aliphatic carbocycles. The number of aliphatic imine (C=N–C) groups is 1. The van der Waals surface area contributed by atoms with Crippen molar-refractivity contribution in [3.05, 3.63) is 61.9 Å². The molecule has 0 bridgehead atoms. The maximum Gasteiger partial charge on any atom is 0.338 e. The molecule has 0 amide bonds. The van der Waals surface area contributed by atoms with Crippen molar-refractivity contribution < 1.29 is 13.9 Å². The van der Waals surface area contributed by atoms with E-state index in [4.69, 9.17) is 9.73 Å². The van der Waals surface area contributed by atoms with E-state index in [-0.39, 0.29) is 12.4 Å². The molecule has 7 nitrogen and oxygen atoms in total. The molecule has 1 fully saturated rings. The molecule has 0 saturated carbocycles. The first-order valence-electron chi connectivity index (χ1n) is 10.5. The van der Waals surface area contributed by atoms with Gasteiger partial charge in [-0.15, -0.1) is 11.3 Å². The van der Waals surface area contributed by atoms with E-state index in [1.165, 1.54) is 23.5 Å². The van der Waals surface area contributed by atoms with Crippen molar-refractivity contribution in [3.63, 3.8) is 0 Å². The second-order valence-corrected chi connectivity index (χ2v) is 9.45. The highest BCUT2D eigenvalue weighted by Gasteiger charge is 2.34. The molecule has 0 spiro atoms. The number of aromatic nitrogens is 1. The summed E-state index contributed by atoms with van der Waals surface area (Å²) >= 11 is 4.93. The Morgan fingerprint density at radius 1 is 1.34 bits per heavy atom. The Bertz CT molecular complexity index is 1030. The highest BCUT2D eigenvalue weighted by atomic mass is 79.9. The summed E-state index contributed by atoms with van der Waals surface area (Å²) in [6.07, 6.45) is 1.72. The predicted octanol–water partition coefficient (Wildman–Crippen LogP) is 3.20. The van der Waals surface area contributed by atoms with Crippen LogP contribution in [0.5, 0.6) is 0 Å². The Labute approximate surface area is 199 Å². The molecular weight excluding hydrogens is 497 g/mol. The Balaban J connectivity index is 1.79. The van der Waals surface area contributed by atoms with Crippen molar-refractivity contribution in [1.29, 1.82) is 0 Å². The average molecular weight is 522 g/mol. The molecule has 1 atom stereocenters. The molecule has 3 heterocycles. The maximum atomic E-state index is 13.8. The van der Waals surface area contributed by atoms with E-state index in [0.29, 0.717) is 28.0 Å². The molecule has 170 valence electrons. The molecule has 1 aromatic carbocycles. The van der Waals surface area contributed by atoms with Crippen LogP contribution in [0.2, 0.25) is 0 Å². The van der Waals surface area contributed by atoms with Crippen molar-refractivity contribution in [3.8, 4) is 0 Å². The Morgan fingerprint density at radius 2 is 2.12 bits per heavy atom. The number of carbonyl (C=O) groups excluding carboxylic acids is 1. The number of esters is 1. The van der Waals surface area contributed by atoms with Gasteiger partial charge in [0.1, 0.15) is 11.9 Å². The van der Waals surface area contributed by atoms with Gasteiger partial charge in [-0.2, -0.15) is 0 Å². The lowest BCUT2D eigenvalue weighted by Gasteiger charge is -2.35. The van der Waals surface area contributed by atoms with E-state index in [2.05, 4.69) is 43.1 Å². The second kappa shape index (κ2) is 10.2. The lowest BCUT2D eigenvalue weighted by atomic mass is 9.95. The summed E-state index contributed by atoms with van der Waals surface area (Å²) in [7, 11) is 2.11. The van der Waals surface area contributed by atoms with Crippen LogP contribution in [0.25, 0.3) is 0 Å². The summed E-state index contributed by atoms with van der Waals surface area (Å²) in [6.45, 7) is 6.30. The quantitative estimate of drug-likeness (QED) is 0.588. The van der Waals surface area contributed by atoms with Gasteiger partial charge in [-0.1, -0.05) is 22.0 Å². The Hall–Kier alpha value is -2.14. The predicted molar refractivity (Wildman–Crippen MR) is 126 cm³/mol. The number of halogens is 2. The first kappa shape index (κ1) is 23.0. The number of rotatable bonds is 6.